The van der Waals surface area contributed by atoms with E-state index < -0.39 is 15.9 Å². The smallest absolute Gasteiger partial charge is 0.251 e. The molecule has 2 saturated carbocycles. The maximum atomic E-state index is 13.3. The Morgan fingerprint density at radius 3 is 2.26 bits per heavy atom. The van der Waals surface area contributed by atoms with Crippen molar-refractivity contribution in [3.05, 3.63) is 88.5 Å². The fraction of sp³-hybridized carbons (Fsp3) is 0.375. The average Bonchev–Trinajstić information content (AvgIpc) is 3.89. The standard InChI is InChI=1S/C32H33N3O3S/c1-2-39(37,38)29-10-7-23(8-11-29)30(13-15-33)34-32(36)25-9-12-31-24(17-25)14-16-35(31)28-19-26(21-3-4-21)18-27(20-28)22-5-6-22/h7-12,17-22,30H,2-6,13-14,16H2,1H3,(H,34,36)/t30-/m0/s1. The van der Waals surface area contributed by atoms with Gasteiger partial charge in [-0.3, -0.25) is 4.79 Å². The number of sulfone groups is 1. The van der Waals surface area contributed by atoms with Crippen molar-refractivity contribution in [2.75, 3.05) is 17.2 Å². The number of anilines is 2. The van der Waals surface area contributed by atoms with E-state index in [0.29, 0.717) is 23.0 Å². The summed E-state index contributed by atoms with van der Waals surface area (Å²) >= 11 is 0. The molecule has 1 aliphatic heterocycles. The van der Waals surface area contributed by atoms with Gasteiger partial charge in [0.2, 0.25) is 0 Å². The molecule has 3 aromatic carbocycles. The Hall–Kier alpha value is -3.63. The lowest BCUT2D eigenvalue weighted by Crippen LogP contribution is -2.28. The first kappa shape index (κ1) is 25.6. The zero-order valence-corrected chi connectivity index (χ0v) is 23.0. The van der Waals surface area contributed by atoms with Crippen molar-refractivity contribution in [2.45, 2.75) is 68.2 Å². The summed E-state index contributed by atoms with van der Waals surface area (Å²) < 4.78 is 24.3. The Labute approximate surface area is 230 Å². The van der Waals surface area contributed by atoms with Crippen LogP contribution < -0.4 is 10.2 Å². The van der Waals surface area contributed by atoms with E-state index >= 15 is 0 Å². The molecule has 1 heterocycles. The maximum Gasteiger partial charge on any atom is 0.251 e. The number of rotatable bonds is 9. The summed E-state index contributed by atoms with van der Waals surface area (Å²) in [5.74, 6) is 1.20. The zero-order valence-electron chi connectivity index (χ0n) is 22.2. The van der Waals surface area contributed by atoms with E-state index in [1.807, 2.05) is 18.2 Å². The third kappa shape index (κ3) is 5.31. The van der Waals surface area contributed by atoms with Crippen LogP contribution >= 0.6 is 0 Å². The number of benzene rings is 3. The number of nitriles is 1. The minimum Gasteiger partial charge on any atom is -0.344 e. The second kappa shape index (κ2) is 10.2. The predicted octanol–water partition coefficient (Wildman–Crippen LogP) is 6.31. The highest BCUT2D eigenvalue weighted by atomic mass is 32.2. The topological polar surface area (TPSA) is 90.3 Å². The molecular weight excluding hydrogens is 506 g/mol. The van der Waals surface area contributed by atoms with Crippen LogP contribution in [0.15, 0.2) is 65.6 Å². The first-order valence-electron chi connectivity index (χ1n) is 13.9. The lowest BCUT2D eigenvalue weighted by Gasteiger charge is -2.22. The van der Waals surface area contributed by atoms with Crippen LogP contribution in [-0.2, 0) is 16.3 Å². The minimum atomic E-state index is -3.31. The van der Waals surface area contributed by atoms with Crippen LogP contribution in [0.4, 0.5) is 11.4 Å². The molecule has 0 saturated heterocycles. The monoisotopic (exact) mass is 539 g/mol. The first-order valence-corrected chi connectivity index (χ1v) is 15.6. The van der Waals surface area contributed by atoms with E-state index in [9.17, 15) is 18.5 Å². The molecule has 2 aliphatic carbocycles. The minimum absolute atomic E-state index is 0.0219. The van der Waals surface area contributed by atoms with E-state index in [0.717, 1.165) is 24.2 Å². The molecule has 1 atom stereocenters. The Kier molecular flexibility index (Phi) is 6.68. The molecule has 7 heteroatoms. The molecule has 200 valence electrons. The van der Waals surface area contributed by atoms with Crippen molar-refractivity contribution in [3.63, 3.8) is 0 Å². The Balaban J connectivity index is 1.21. The summed E-state index contributed by atoms with van der Waals surface area (Å²) in [6.07, 6.45) is 6.12. The van der Waals surface area contributed by atoms with Crippen molar-refractivity contribution in [2.24, 2.45) is 0 Å². The van der Waals surface area contributed by atoms with E-state index in [-0.39, 0.29) is 23.0 Å². The van der Waals surface area contributed by atoms with Crippen LogP contribution in [-0.4, -0.2) is 26.6 Å². The molecule has 6 rings (SSSR count). The zero-order chi connectivity index (χ0) is 27.1. The molecule has 0 bridgehead atoms. The maximum absolute atomic E-state index is 13.3. The molecule has 0 spiro atoms. The molecule has 0 unspecified atom stereocenters. The third-order valence-electron chi connectivity index (χ3n) is 8.23. The average molecular weight is 540 g/mol. The lowest BCUT2D eigenvalue weighted by molar-refractivity contribution is 0.0937. The molecule has 6 nitrogen and oxygen atoms in total. The molecule has 0 radical (unpaired) electrons. The molecule has 3 aliphatic rings. The highest BCUT2D eigenvalue weighted by Crippen LogP contribution is 2.47. The van der Waals surface area contributed by atoms with Crippen LogP contribution in [0.2, 0.25) is 0 Å². The van der Waals surface area contributed by atoms with Gasteiger partial charge in [-0.25, -0.2) is 8.42 Å². The summed E-state index contributed by atoms with van der Waals surface area (Å²) in [6.45, 7) is 2.50. The summed E-state index contributed by atoms with van der Waals surface area (Å²) in [4.78, 5) is 15.9. The number of amides is 1. The number of hydrogen-bond acceptors (Lipinski definition) is 5. The number of fused-ring (bicyclic) bond motifs is 1. The summed E-state index contributed by atoms with van der Waals surface area (Å²) in [5, 5.41) is 12.4. The van der Waals surface area contributed by atoms with Gasteiger partial charge in [0.25, 0.3) is 5.91 Å². The normalized spacial score (nSPS) is 17.4. The highest BCUT2D eigenvalue weighted by molar-refractivity contribution is 7.91. The van der Waals surface area contributed by atoms with Gasteiger partial charge in [-0.1, -0.05) is 25.1 Å². The number of hydrogen-bond donors (Lipinski definition) is 1. The molecule has 1 amide bonds. The predicted molar refractivity (Wildman–Crippen MR) is 152 cm³/mol. The number of nitrogens with zero attached hydrogens (tertiary/aromatic N) is 2. The van der Waals surface area contributed by atoms with Gasteiger partial charge in [0, 0.05) is 23.5 Å². The number of nitrogens with one attached hydrogen (secondary N) is 1. The molecular formula is C32H33N3O3S. The molecule has 1 N–H and O–H groups in total. The molecule has 39 heavy (non-hydrogen) atoms. The van der Waals surface area contributed by atoms with Crippen molar-refractivity contribution in [1.29, 1.82) is 5.26 Å². The van der Waals surface area contributed by atoms with Crippen LogP contribution in [0.25, 0.3) is 0 Å². The first-order chi connectivity index (χ1) is 18.9. The lowest BCUT2D eigenvalue weighted by atomic mass is 10.0. The van der Waals surface area contributed by atoms with Crippen LogP contribution in [0.1, 0.15) is 89.5 Å². The summed E-state index contributed by atoms with van der Waals surface area (Å²) in [6, 6.07) is 21.1. The van der Waals surface area contributed by atoms with Crippen molar-refractivity contribution < 1.29 is 13.2 Å². The molecule has 0 aromatic heterocycles. The van der Waals surface area contributed by atoms with Crippen LogP contribution in [0.5, 0.6) is 0 Å². The van der Waals surface area contributed by atoms with Crippen molar-refractivity contribution >= 4 is 27.1 Å². The van der Waals surface area contributed by atoms with Gasteiger partial charge in [0.1, 0.15) is 0 Å². The van der Waals surface area contributed by atoms with Crippen molar-refractivity contribution in [1.82, 2.24) is 5.32 Å². The number of carbonyl (C=O) groups is 1. The Bertz CT molecular complexity index is 1530. The van der Waals surface area contributed by atoms with Crippen LogP contribution in [0, 0.1) is 11.3 Å². The van der Waals surface area contributed by atoms with Gasteiger partial charge < -0.3 is 10.2 Å². The van der Waals surface area contributed by atoms with Crippen LogP contribution in [0.3, 0.4) is 0 Å². The second-order valence-corrected chi connectivity index (χ2v) is 13.3. The van der Waals surface area contributed by atoms with E-state index in [2.05, 4.69) is 34.5 Å². The van der Waals surface area contributed by atoms with E-state index in [1.54, 1.807) is 31.2 Å². The number of carbonyl (C=O) groups excluding carboxylic acids is 1. The van der Waals surface area contributed by atoms with Gasteiger partial charge >= 0.3 is 0 Å². The van der Waals surface area contributed by atoms with E-state index in [4.69, 9.17) is 0 Å². The quantitative estimate of drug-likeness (QED) is 0.344. The molecule has 3 aromatic rings. The van der Waals surface area contributed by atoms with Gasteiger partial charge in [-0.05, 0) is 109 Å². The second-order valence-electron chi connectivity index (χ2n) is 11.0. The highest BCUT2D eigenvalue weighted by Gasteiger charge is 2.30. The van der Waals surface area contributed by atoms with Crippen molar-refractivity contribution in [3.8, 4) is 6.07 Å². The summed E-state index contributed by atoms with van der Waals surface area (Å²) in [7, 11) is -3.31. The Morgan fingerprint density at radius 2 is 1.67 bits per heavy atom. The third-order valence-corrected chi connectivity index (χ3v) is 9.98. The fourth-order valence-corrected chi connectivity index (χ4v) is 6.47. The largest absolute Gasteiger partial charge is 0.344 e. The van der Waals surface area contributed by atoms with Gasteiger partial charge in [-0.2, -0.15) is 5.26 Å². The van der Waals surface area contributed by atoms with Gasteiger partial charge in [0.15, 0.2) is 9.84 Å². The fourth-order valence-electron chi connectivity index (χ4n) is 5.59. The summed E-state index contributed by atoms with van der Waals surface area (Å²) in [5.41, 5.74) is 7.79. The van der Waals surface area contributed by atoms with E-state index in [1.165, 1.54) is 42.5 Å². The van der Waals surface area contributed by atoms with Gasteiger partial charge in [-0.15, -0.1) is 0 Å². The Morgan fingerprint density at radius 1 is 1.00 bits per heavy atom. The van der Waals surface area contributed by atoms with Gasteiger partial charge in [0.05, 0.1) is 29.2 Å². The molecule has 2 fully saturated rings. The SMILES string of the molecule is CCS(=O)(=O)c1ccc([C@H](CC#N)NC(=O)c2ccc3c(c2)CCN3c2cc(C3CC3)cc(C3CC3)c2)cc1.